The van der Waals surface area contributed by atoms with Crippen LogP contribution in [0.15, 0.2) is 91.4 Å². The van der Waals surface area contributed by atoms with Crippen LogP contribution in [0.1, 0.15) is 35.6 Å². The number of imidazole rings is 1. The fourth-order valence-corrected chi connectivity index (χ4v) is 4.66. The zero-order chi connectivity index (χ0) is 25.1. The Hall–Kier alpha value is -3.90. The Kier molecular flexibility index (Phi) is 6.87. The molecule has 0 bridgehead atoms. The number of benzene rings is 2. The zero-order valence-corrected chi connectivity index (χ0v) is 21.1. The first-order valence-electron chi connectivity index (χ1n) is 12.1. The number of carbonyl (C=O) groups is 1. The molecule has 0 N–H and O–H groups in total. The average Bonchev–Trinajstić information content (AvgIpc) is 3.53. The molecule has 0 spiro atoms. The summed E-state index contributed by atoms with van der Waals surface area (Å²) in [5.74, 6) is 1.03. The Morgan fingerprint density at radius 2 is 1.72 bits per heavy atom. The standard InChI is InChI=1S/C29H28ClN5O/c1-21(2)18-34(29(36)23-11-4-6-14-26(23)33-16-7-8-17-33)20-27-32-25-13-9-15-31-28(25)35(27)19-22-10-3-5-12-24(22)30/h3-17,21H,18-20H2,1-2H3. The second-order valence-electron chi connectivity index (χ2n) is 9.24. The molecule has 0 unspecified atom stereocenters. The van der Waals surface area contributed by atoms with Crippen molar-refractivity contribution in [1.29, 1.82) is 0 Å². The van der Waals surface area contributed by atoms with Gasteiger partial charge < -0.3 is 14.0 Å². The van der Waals surface area contributed by atoms with Crippen LogP contribution in [0, 0.1) is 5.92 Å². The van der Waals surface area contributed by atoms with Gasteiger partial charge in [-0.1, -0.05) is 55.8 Å². The lowest BCUT2D eigenvalue weighted by atomic mass is 10.1. The number of hydrogen-bond acceptors (Lipinski definition) is 3. The molecule has 6 nitrogen and oxygen atoms in total. The van der Waals surface area contributed by atoms with Crippen molar-refractivity contribution >= 4 is 28.7 Å². The lowest BCUT2D eigenvalue weighted by Crippen LogP contribution is -2.35. The van der Waals surface area contributed by atoms with E-state index < -0.39 is 0 Å². The third-order valence-electron chi connectivity index (χ3n) is 6.09. The topological polar surface area (TPSA) is 56.0 Å². The van der Waals surface area contributed by atoms with Crippen LogP contribution in [0.4, 0.5) is 0 Å². The molecule has 0 aliphatic rings. The smallest absolute Gasteiger partial charge is 0.256 e. The predicted molar refractivity (Wildman–Crippen MR) is 143 cm³/mol. The first-order valence-corrected chi connectivity index (χ1v) is 12.4. The summed E-state index contributed by atoms with van der Waals surface area (Å²) in [6, 6.07) is 23.2. The van der Waals surface area contributed by atoms with Crippen molar-refractivity contribution < 1.29 is 4.79 Å². The molecule has 0 atom stereocenters. The van der Waals surface area contributed by atoms with Crippen LogP contribution in [0.5, 0.6) is 0 Å². The quantitative estimate of drug-likeness (QED) is 0.255. The number of rotatable bonds is 8. The van der Waals surface area contributed by atoms with Crippen LogP contribution < -0.4 is 0 Å². The molecule has 182 valence electrons. The van der Waals surface area contributed by atoms with Gasteiger partial charge in [-0.2, -0.15) is 0 Å². The maximum absolute atomic E-state index is 14.0. The summed E-state index contributed by atoms with van der Waals surface area (Å²) in [5, 5.41) is 0.692. The third-order valence-corrected chi connectivity index (χ3v) is 6.46. The molecule has 0 saturated carbocycles. The Bertz CT molecular complexity index is 1490. The molecule has 5 aromatic rings. The Morgan fingerprint density at radius 1 is 0.972 bits per heavy atom. The van der Waals surface area contributed by atoms with E-state index in [4.69, 9.17) is 16.6 Å². The minimum atomic E-state index is -0.0303. The van der Waals surface area contributed by atoms with Crippen LogP contribution >= 0.6 is 11.6 Å². The van der Waals surface area contributed by atoms with E-state index in [0.717, 1.165) is 28.2 Å². The zero-order valence-electron chi connectivity index (χ0n) is 20.4. The summed E-state index contributed by atoms with van der Waals surface area (Å²) in [6.45, 7) is 5.71. The molecule has 5 rings (SSSR count). The molecule has 2 aromatic carbocycles. The number of para-hydroxylation sites is 1. The van der Waals surface area contributed by atoms with Gasteiger partial charge in [0.05, 0.1) is 24.3 Å². The van der Waals surface area contributed by atoms with Crippen molar-refractivity contribution in [2.75, 3.05) is 6.54 Å². The molecule has 1 amide bonds. The lowest BCUT2D eigenvalue weighted by molar-refractivity contribution is 0.0716. The highest BCUT2D eigenvalue weighted by Crippen LogP contribution is 2.23. The van der Waals surface area contributed by atoms with Gasteiger partial charge in [-0.15, -0.1) is 0 Å². The van der Waals surface area contributed by atoms with Crippen LogP contribution in [-0.4, -0.2) is 36.5 Å². The van der Waals surface area contributed by atoms with Gasteiger partial charge in [0.2, 0.25) is 0 Å². The number of aromatic nitrogens is 4. The highest BCUT2D eigenvalue weighted by Gasteiger charge is 2.24. The predicted octanol–water partition coefficient (Wildman–Crippen LogP) is 6.22. The third kappa shape index (κ3) is 4.90. The van der Waals surface area contributed by atoms with Crippen molar-refractivity contribution in [3.63, 3.8) is 0 Å². The van der Waals surface area contributed by atoms with E-state index in [1.807, 2.05) is 94.7 Å². The number of halogens is 1. The number of amides is 1. The van der Waals surface area contributed by atoms with Crippen molar-refractivity contribution in [3.05, 3.63) is 113 Å². The summed E-state index contributed by atoms with van der Waals surface area (Å²) in [5.41, 5.74) is 4.06. The summed E-state index contributed by atoms with van der Waals surface area (Å²) >= 11 is 6.50. The molecule has 0 aliphatic carbocycles. The van der Waals surface area contributed by atoms with Gasteiger partial charge in [-0.25, -0.2) is 9.97 Å². The van der Waals surface area contributed by atoms with Gasteiger partial charge >= 0.3 is 0 Å². The van der Waals surface area contributed by atoms with Crippen molar-refractivity contribution in [2.24, 2.45) is 5.92 Å². The fourth-order valence-electron chi connectivity index (χ4n) is 4.47. The Balaban J connectivity index is 1.55. The molecule has 36 heavy (non-hydrogen) atoms. The maximum atomic E-state index is 14.0. The lowest BCUT2D eigenvalue weighted by Gasteiger charge is -2.26. The maximum Gasteiger partial charge on any atom is 0.256 e. The molecule has 0 fully saturated rings. The minimum absolute atomic E-state index is 0.0303. The van der Waals surface area contributed by atoms with E-state index >= 15 is 0 Å². The largest absolute Gasteiger partial charge is 0.331 e. The minimum Gasteiger partial charge on any atom is -0.331 e. The van der Waals surface area contributed by atoms with E-state index in [9.17, 15) is 4.79 Å². The summed E-state index contributed by atoms with van der Waals surface area (Å²) in [7, 11) is 0. The highest BCUT2D eigenvalue weighted by molar-refractivity contribution is 6.31. The van der Waals surface area contributed by atoms with Crippen molar-refractivity contribution in [3.8, 4) is 5.69 Å². The fraction of sp³-hybridized carbons (Fsp3) is 0.207. The van der Waals surface area contributed by atoms with E-state index in [1.165, 1.54) is 0 Å². The molecule has 0 radical (unpaired) electrons. The molecular weight excluding hydrogens is 470 g/mol. The normalized spacial score (nSPS) is 11.3. The van der Waals surface area contributed by atoms with E-state index in [0.29, 0.717) is 30.2 Å². The van der Waals surface area contributed by atoms with Gasteiger partial charge in [0.15, 0.2) is 5.65 Å². The van der Waals surface area contributed by atoms with Gasteiger partial charge in [-0.05, 0) is 53.9 Å². The van der Waals surface area contributed by atoms with Crippen LogP contribution in [-0.2, 0) is 13.1 Å². The number of hydrogen-bond donors (Lipinski definition) is 0. The van der Waals surface area contributed by atoms with Crippen LogP contribution in [0.2, 0.25) is 5.02 Å². The Labute approximate surface area is 215 Å². The van der Waals surface area contributed by atoms with E-state index in [2.05, 4.69) is 23.4 Å². The summed E-state index contributed by atoms with van der Waals surface area (Å²) in [4.78, 5) is 25.4. The second-order valence-corrected chi connectivity index (χ2v) is 9.65. The monoisotopic (exact) mass is 497 g/mol. The molecule has 3 heterocycles. The van der Waals surface area contributed by atoms with Gasteiger partial charge in [-0.3, -0.25) is 4.79 Å². The SMILES string of the molecule is CC(C)CN(Cc1nc2cccnc2n1Cc1ccccc1Cl)C(=O)c1ccccc1-n1cccc1. The molecule has 7 heteroatoms. The van der Waals surface area contributed by atoms with Crippen LogP contribution in [0.25, 0.3) is 16.9 Å². The summed E-state index contributed by atoms with van der Waals surface area (Å²) < 4.78 is 4.03. The van der Waals surface area contributed by atoms with Gasteiger partial charge in [0.25, 0.3) is 5.91 Å². The number of pyridine rings is 1. The Morgan fingerprint density at radius 3 is 2.50 bits per heavy atom. The first kappa shape index (κ1) is 23.8. The molecule has 3 aromatic heterocycles. The van der Waals surface area contributed by atoms with Crippen molar-refractivity contribution in [2.45, 2.75) is 26.9 Å². The average molecular weight is 498 g/mol. The number of fused-ring (bicyclic) bond motifs is 1. The van der Waals surface area contributed by atoms with E-state index in [1.54, 1.807) is 6.20 Å². The first-order chi connectivity index (χ1) is 17.5. The number of carbonyl (C=O) groups excluding carboxylic acids is 1. The van der Waals surface area contributed by atoms with E-state index in [-0.39, 0.29) is 11.8 Å². The molecule has 0 aliphatic heterocycles. The number of nitrogens with zero attached hydrogens (tertiary/aromatic N) is 5. The summed E-state index contributed by atoms with van der Waals surface area (Å²) in [6.07, 6.45) is 5.67. The van der Waals surface area contributed by atoms with Gasteiger partial charge in [0.1, 0.15) is 11.3 Å². The van der Waals surface area contributed by atoms with Crippen LogP contribution in [0.3, 0.4) is 0 Å². The molecular formula is C29H28ClN5O. The van der Waals surface area contributed by atoms with Gasteiger partial charge in [0, 0.05) is 30.2 Å². The molecule has 0 saturated heterocycles. The van der Waals surface area contributed by atoms with Crippen molar-refractivity contribution in [1.82, 2.24) is 24.0 Å². The second kappa shape index (κ2) is 10.4. The highest BCUT2D eigenvalue weighted by atomic mass is 35.5.